The second-order valence-electron chi connectivity index (χ2n) is 3.62. The van der Waals surface area contributed by atoms with Crippen molar-refractivity contribution in [2.24, 2.45) is 0 Å². The Morgan fingerprint density at radius 2 is 2.44 bits per heavy atom. The van der Waals surface area contributed by atoms with Gasteiger partial charge in [-0.1, -0.05) is 0 Å². The Labute approximate surface area is 107 Å². The van der Waals surface area contributed by atoms with Crippen molar-refractivity contribution in [3.05, 3.63) is 20.8 Å². The normalized spacial score (nSPS) is 12.2. The highest BCUT2D eigenvalue weighted by Gasteiger charge is 2.10. The Bertz CT molecular complexity index is 354. The van der Waals surface area contributed by atoms with E-state index in [1.165, 1.54) is 4.90 Å². The van der Waals surface area contributed by atoms with Gasteiger partial charge in [0.2, 0.25) is 0 Å². The van der Waals surface area contributed by atoms with Gasteiger partial charge in [-0.25, -0.2) is 4.79 Å². The van der Waals surface area contributed by atoms with Gasteiger partial charge in [0.05, 0.1) is 12.6 Å². The zero-order valence-corrected chi connectivity index (χ0v) is 11.6. The molecule has 1 rings (SSSR count). The lowest BCUT2D eigenvalue weighted by Gasteiger charge is -2.19. The molecule has 0 radical (unpaired) electrons. The van der Waals surface area contributed by atoms with Crippen LogP contribution in [0, 0.1) is 0 Å². The molecular formula is C10H15BrN2O2S. The van der Waals surface area contributed by atoms with Crippen LogP contribution >= 0.6 is 27.3 Å². The van der Waals surface area contributed by atoms with Crippen LogP contribution in [0.25, 0.3) is 0 Å². The Hall–Kier alpha value is -0.590. The number of nitrogens with zero attached hydrogens (tertiary/aromatic N) is 1. The first-order valence-corrected chi connectivity index (χ1v) is 6.56. The minimum Gasteiger partial charge on any atom is -0.392 e. The van der Waals surface area contributed by atoms with Gasteiger partial charge in [-0.2, -0.15) is 0 Å². The molecule has 1 atom stereocenters. The number of thiophene rings is 1. The SMILES string of the molecule is CC(O)CN(C)C(=O)NCc1cc(Br)cs1. The van der Waals surface area contributed by atoms with Gasteiger partial charge in [0, 0.05) is 28.3 Å². The molecule has 4 nitrogen and oxygen atoms in total. The first-order valence-electron chi connectivity index (χ1n) is 4.89. The van der Waals surface area contributed by atoms with Gasteiger partial charge in [-0.15, -0.1) is 11.3 Å². The summed E-state index contributed by atoms with van der Waals surface area (Å²) in [6, 6.07) is 1.80. The number of carbonyl (C=O) groups is 1. The number of halogens is 1. The van der Waals surface area contributed by atoms with Crippen LogP contribution in [0.3, 0.4) is 0 Å². The van der Waals surface area contributed by atoms with Gasteiger partial charge in [-0.3, -0.25) is 0 Å². The number of hydrogen-bond donors (Lipinski definition) is 2. The van der Waals surface area contributed by atoms with Gasteiger partial charge in [-0.05, 0) is 28.9 Å². The van der Waals surface area contributed by atoms with Crippen LogP contribution < -0.4 is 5.32 Å². The first-order chi connectivity index (χ1) is 7.49. The van der Waals surface area contributed by atoms with Gasteiger partial charge in [0.1, 0.15) is 0 Å². The van der Waals surface area contributed by atoms with E-state index in [0.717, 1.165) is 9.35 Å². The maximum absolute atomic E-state index is 11.6. The average Bonchev–Trinajstić information content (AvgIpc) is 2.59. The summed E-state index contributed by atoms with van der Waals surface area (Å²) in [5.41, 5.74) is 0. The second kappa shape index (κ2) is 6.22. The molecule has 1 aromatic heterocycles. The third-order valence-electron chi connectivity index (χ3n) is 1.92. The molecule has 1 aromatic rings. The molecule has 2 N–H and O–H groups in total. The van der Waals surface area contributed by atoms with Crippen LogP contribution in [-0.4, -0.2) is 35.7 Å². The van der Waals surface area contributed by atoms with Crippen LogP contribution in [0.15, 0.2) is 15.9 Å². The lowest BCUT2D eigenvalue weighted by atomic mass is 10.4. The van der Waals surface area contributed by atoms with E-state index in [2.05, 4.69) is 21.2 Å². The summed E-state index contributed by atoms with van der Waals surface area (Å²) in [6.45, 7) is 2.50. The van der Waals surface area contributed by atoms with E-state index in [9.17, 15) is 4.79 Å². The zero-order valence-electron chi connectivity index (χ0n) is 9.24. The quantitative estimate of drug-likeness (QED) is 0.894. The lowest BCUT2D eigenvalue weighted by molar-refractivity contribution is 0.144. The Morgan fingerprint density at radius 3 is 2.94 bits per heavy atom. The molecule has 2 amide bonds. The molecular weight excluding hydrogens is 292 g/mol. The molecule has 0 aromatic carbocycles. The fraction of sp³-hybridized carbons (Fsp3) is 0.500. The van der Waals surface area contributed by atoms with E-state index in [0.29, 0.717) is 13.1 Å². The molecule has 0 saturated carbocycles. The molecule has 0 aliphatic carbocycles. The highest BCUT2D eigenvalue weighted by atomic mass is 79.9. The van der Waals surface area contributed by atoms with Crippen LogP contribution in [0.2, 0.25) is 0 Å². The van der Waals surface area contributed by atoms with E-state index in [1.54, 1.807) is 25.3 Å². The molecule has 90 valence electrons. The fourth-order valence-corrected chi connectivity index (χ4v) is 2.61. The number of aliphatic hydroxyl groups is 1. The summed E-state index contributed by atoms with van der Waals surface area (Å²) < 4.78 is 1.03. The minimum atomic E-state index is -0.508. The average molecular weight is 307 g/mol. The Kier molecular flexibility index (Phi) is 5.24. The molecule has 0 fully saturated rings. The van der Waals surface area contributed by atoms with Crippen molar-refractivity contribution in [1.29, 1.82) is 0 Å². The second-order valence-corrected chi connectivity index (χ2v) is 5.53. The molecule has 6 heteroatoms. The van der Waals surface area contributed by atoms with Gasteiger partial charge in [0.25, 0.3) is 0 Å². The molecule has 1 unspecified atom stereocenters. The van der Waals surface area contributed by atoms with Crippen molar-refractivity contribution >= 4 is 33.3 Å². The smallest absolute Gasteiger partial charge is 0.317 e. The number of likely N-dealkylation sites (N-methyl/N-ethyl adjacent to an activating group) is 1. The van der Waals surface area contributed by atoms with Crippen molar-refractivity contribution < 1.29 is 9.90 Å². The van der Waals surface area contributed by atoms with Crippen molar-refractivity contribution in [3.63, 3.8) is 0 Å². The highest BCUT2D eigenvalue weighted by molar-refractivity contribution is 9.10. The van der Waals surface area contributed by atoms with Gasteiger partial charge in [0.15, 0.2) is 0 Å². The lowest BCUT2D eigenvalue weighted by Crippen LogP contribution is -2.40. The number of rotatable bonds is 4. The predicted molar refractivity (Wildman–Crippen MR) is 68.6 cm³/mol. The van der Waals surface area contributed by atoms with Crippen molar-refractivity contribution in [1.82, 2.24) is 10.2 Å². The molecule has 0 saturated heterocycles. The summed E-state index contributed by atoms with van der Waals surface area (Å²) in [5, 5.41) is 13.9. The van der Waals surface area contributed by atoms with E-state index >= 15 is 0 Å². The molecule has 0 aliphatic heterocycles. The summed E-state index contributed by atoms with van der Waals surface area (Å²) in [7, 11) is 1.66. The topological polar surface area (TPSA) is 52.6 Å². The van der Waals surface area contributed by atoms with E-state index in [1.807, 2.05) is 11.4 Å². The van der Waals surface area contributed by atoms with Crippen LogP contribution in [0.1, 0.15) is 11.8 Å². The summed E-state index contributed by atoms with van der Waals surface area (Å²) in [5.74, 6) is 0. The van der Waals surface area contributed by atoms with Crippen molar-refractivity contribution in [2.45, 2.75) is 19.6 Å². The number of aliphatic hydroxyl groups excluding tert-OH is 1. The predicted octanol–water partition coefficient (Wildman–Crippen LogP) is 2.03. The molecule has 0 spiro atoms. The van der Waals surface area contributed by atoms with Crippen LogP contribution in [0.5, 0.6) is 0 Å². The summed E-state index contributed by atoms with van der Waals surface area (Å²) in [4.78, 5) is 14.1. The van der Waals surface area contributed by atoms with Crippen LogP contribution in [0.4, 0.5) is 4.79 Å². The van der Waals surface area contributed by atoms with E-state index in [-0.39, 0.29) is 6.03 Å². The third-order valence-corrected chi connectivity index (χ3v) is 3.62. The molecule has 16 heavy (non-hydrogen) atoms. The number of urea groups is 1. The number of carbonyl (C=O) groups excluding carboxylic acids is 1. The summed E-state index contributed by atoms with van der Waals surface area (Å²) in [6.07, 6.45) is -0.508. The molecule has 1 heterocycles. The van der Waals surface area contributed by atoms with E-state index in [4.69, 9.17) is 5.11 Å². The standard InChI is InChI=1S/C10H15BrN2O2S/c1-7(14)5-13(2)10(15)12-4-9-3-8(11)6-16-9/h3,6-7,14H,4-5H2,1-2H3,(H,12,15). The maximum Gasteiger partial charge on any atom is 0.317 e. The monoisotopic (exact) mass is 306 g/mol. The molecule has 0 aliphatic rings. The Balaban J connectivity index is 2.35. The van der Waals surface area contributed by atoms with Gasteiger partial charge < -0.3 is 15.3 Å². The van der Waals surface area contributed by atoms with Gasteiger partial charge >= 0.3 is 6.03 Å². The zero-order chi connectivity index (χ0) is 12.1. The maximum atomic E-state index is 11.6. The Morgan fingerprint density at radius 1 is 1.75 bits per heavy atom. The summed E-state index contributed by atoms with van der Waals surface area (Å²) >= 11 is 4.94. The fourth-order valence-electron chi connectivity index (χ4n) is 1.22. The number of nitrogens with one attached hydrogen (secondary N) is 1. The van der Waals surface area contributed by atoms with Crippen molar-refractivity contribution in [3.8, 4) is 0 Å². The minimum absolute atomic E-state index is 0.176. The molecule has 0 bridgehead atoms. The highest BCUT2D eigenvalue weighted by Crippen LogP contribution is 2.19. The van der Waals surface area contributed by atoms with E-state index < -0.39 is 6.10 Å². The van der Waals surface area contributed by atoms with Crippen molar-refractivity contribution in [2.75, 3.05) is 13.6 Å². The first kappa shape index (κ1) is 13.5. The van der Waals surface area contributed by atoms with Crippen LogP contribution in [-0.2, 0) is 6.54 Å². The largest absolute Gasteiger partial charge is 0.392 e. The third kappa shape index (κ3) is 4.51. The number of hydrogen-bond acceptors (Lipinski definition) is 3. The number of amides is 2.